The van der Waals surface area contributed by atoms with Gasteiger partial charge in [0, 0.05) is 23.0 Å². The van der Waals surface area contributed by atoms with Gasteiger partial charge in [-0.15, -0.1) is 0 Å². The van der Waals surface area contributed by atoms with E-state index in [9.17, 15) is 13.2 Å². The fourth-order valence-corrected chi connectivity index (χ4v) is 4.15. The predicted octanol–water partition coefficient (Wildman–Crippen LogP) is 4.51. The molecule has 0 amide bonds. The smallest absolute Gasteiger partial charge is 0.391 e. The summed E-state index contributed by atoms with van der Waals surface area (Å²) in [5, 5.41) is 9.22. The Kier molecular flexibility index (Phi) is 4.69. The van der Waals surface area contributed by atoms with Crippen LogP contribution in [0.5, 0.6) is 5.75 Å². The molecule has 150 valence electrons. The minimum atomic E-state index is -4.10. The van der Waals surface area contributed by atoms with Gasteiger partial charge in [0.25, 0.3) is 0 Å². The molecule has 3 aromatic rings. The number of H-pyrrole nitrogens is 1. The fraction of sp³-hybridized carbons (Fsp3) is 0.500. The van der Waals surface area contributed by atoms with Crippen LogP contribution in [0.25, 0.3) is 21.9 Å². The van der Waals surface area contributed by atoms with E-state index in [0.717, 1.165) is 38.9 Å². The minimum Gasteiger partial charge on any atom is -0.497 e. The highest BCUT2D eigenvalue weighted by Gasteiger charge is 2.41. The zero-order chi connectivity index (χ0) is 20.1. The van der Waals surface area contributed by atoms with Gasteiger partial charge in [-0.05, 0) is 63.0 Å². The molecule has 2 aromatic heterocycles. The number of nitrogens with zero attached hydrogens (tertiary/aromatic N) is 3. The van der Waals surface area contributed by atoms with Crippen molar-refractivity contribution in [3.05, 3.63) is 29.0 Å². The number of pyridine rings is 1. The van der Waals surface area contributed by atoms with E-state index in [1.165, 1.54) is 0 Å². The van der Waals surface area contributed by atoms with Crippen LogP contribution in [0.1, 0.15) is 29.7 Å². The number of hydrogen-bond acceptors (Lipinski definition) is 4. The van der Waals surface area contributed by atoms with Crippen LogP contribution in [-0.2, 0) is 6.54 Å². The molecular weight excluding hydrogens is 369 g/mol. The number of rotatable bonds is 3. The molecule has 5 nitrogen and oxygen atoms in total. The van der Waals surface area contributed by atoms with Crippen LogP contribution in [0.3, 0.4) is 0 Å². The number of halogens is 3. The number of hydrogen-bond donors (Lipinski definition) is 1. The van der Waals surface area contributed by atoms with E-state index in [-0.39, 0.29) is 12.8 Å². The van der Waals surface area contributed by atoms with E-state index in [4.69, 9.17) is 9.72 Å². The third-order valence-corrected chi connectivity index (χ3v) is 5.71. The highest BCUT2D eigenvalue weighted by Crippen LogP contribution is 2.36. The second kappa shape index (κ2) is 6.92. The highest BCUT2D eigenvalue weighted by molar-refractivity contribution is 5.99. The lowest BCUT2D eigenvalue weighted by molar-refractivity contribution is -0.185. The average Bonchev–Trinajstić information content (AvgIpc) is 3.02. The first-order valence-electron chi connectivity index (χ1n) is 9.39. The molecule has 0 bridgehead atoms. The maximum atomic E-state index is 13.0. The maximum Gasteiger partial charge on any atom is 0.391 e. The third-order valence-electron chi connectivity index (χ3n) is 5.71. The molecular formula is C20H23F3N4O. The Balaban J connectivity index is 1.76. The first-order chi connectivity index (χ1) is 13.3. The van der Waals surface area contributed by atoms with Crippen LogP contribution in [0.2, 0.25) is 0 Å². The van der Waals surface area contributed by atoms with Gasteiger partial charge in [0.1, 0.15) is 5.75 Å². The van der Waals surface area contributed by atoms with Crippen molar-refractivity contribution < 1.29 is 17.9 Å². The molecule has 3 heterocycles. The lowest BCUT2D eigenvalue weighted by atomic mass is 9.95. The lowest BCUT2D eigenvalue weighted by Crippen LogP contribution is -2.38. The first-order valence-corrected chi connectivity index (χ1v) is 9.39. The molecule has 0 radical (unpaired) electrons. The SMILES string of the molecule is COc1cc(C)c2nc3n[nH]c(C)c3c(CN3CCC(C(F)(F)F)CC3)c2c1. The number of methoxy groups -OCH3 is 1. The largest absolute Gasteiger partial charge is 0.497 e. The highest BCUT2D eigenvalue weighted by atomic mass is 19.4. The first kappa shape index (κ1) is 19.0. The van der Waals surface area contributed by atoms with Crippen molar-refractivity contribution in [3.63, 3.8) is 0 Å². The normalized spacial score (nSPS) is 16.9. The molecule has 0 atom stereocenters. The van der Waals surface area contributed by atoms with E-state index in [2.05, 4.69) is 15.1 Å². The van der Waals surface area contributed by atoms with Gasteiger partial charge >= 0.3 is 6.18 Å². The second-order valence-electron chi connectivity index (χ2n) is 7.57. The average molecular weight is 392 g/mol. The van der Waals surface area contributed by atoms with Crippen molar-refractivity contribution >= 4 is 21.9 Å². The van der Waals surface area contributed by atoms with Crippen LogP contribution in [0.4, 0.5) is 13.2 Å². The lowest BCUT2D eigenvalue weighted by Gasteiger charge is -2.33. The topological polar surface area (TPSA) is 54.0 Å². The molecule has 0 saturated carbocycles. The number of fused-ring (bicyclic) bond motifs is 2. The summed E-state index contributed by atoms with van der Waals surface area (Å²) in [7, 11) is 1.62. The summed E-state index contributed by atoms with van der Waals surface area (Å²) in [6.07, 6.45) is -3.82. The number of benzene rings is 1. The van der Waals surface area contributed by atoms with Crippen molar-refractivity contribution in [1.82, 2.24) is 20.1 Å². The van der Waals surface area contributed by atoms with Gasteiger partial charge in [0.05, 0.1) is 18.5 Å². The molecule has 1 aliphatic rings. The molecule has 28 heavy (non-hydrogen) atoms. The summed E-state index contributed by atoms with van der Waals surface area (Å²) in [6.45, 7) is 5.33. The van der Waals surface area contributed by atoms with Crippen molar-refractivity contribution in [1.29, 1.82) is 0 Å². The monoisotopic (exact) mass is 392 g/mol. The van der Waals surface area contributed by atoms with Gasteiger partial charge in [-0.1, -0.05) is 0 Å². The number of nitrogens with one attached hydrogen (secondary N) is 1. The Morgan fingerprint density at radius 1 is 1.21 bits per heavy atom. The summed E-state index contributed by atoms with van der Waals surface area (Å²) in [4.78, 5) is 6.80. The second-order valence-corrected chi connectivity index (χ2v) is 7.57. The molecule has 0 spiro atoms. The van der Waals surface area contributed by atoms with Crippen LogP contribution in [0.15, 0.2) is 12.1 Å². The van der Waals surface area contributed by atoms with E-state index in [0.29, 0.717) is 25.3 Å². The summed E-state index contributed by atoms with van der Waals surface area (Å²) >= 11 is 0. The number of aromatic nitrogens is 3. The molecule has 1 saturated heterocycles. The number of piperidine rings is 1. The number of ether oxygens (including phenoxy) is 1. The van der Waals surface area contributed by atoms with Crippen molar-refractivity contribution in [2.75, 3.05) is 20.2 Å². The summed E-state index contributed by atoms with van der Waals surface area (Å²) in [5.41, 5.74) is 4.41. The van der Waals surface area contributed by atoms with Crippen molar-refractivity contribution in [2.24, 2.45) is 5.92 Å². The zero-order valence-corrected chi connectivity index (χ0v) is 16.2. The molecule has 1 fully saturated rings. The Bertz CT molecular complexity index is 1020. The quantitative estimate of drug-likeness (QED) is 0.713. The van der Waals surface area contributed by atoms with Gasteiger partial charge in [0.15, 0.2) is 5.65 Å². The Morgan fingerprint density at radius 3 is 2.57 bits per heavy atom. The minimum absolute atomic E-state index is 0.141. The van der Waals surface area contributed by atoms with E-state index < -0.39 is 12.1 Å². The van der Waals surface area contributed by atoms with Crippen LogP contribution in [0, 0.1) is 19.8 Å². The van der Waals surface area contributed by atoms with Crippen LogP contribution >= 0.6 is 0 Å². The fourth-order valence-electron chi connectivity index (χ4n) is 4.15. The zero-order valence-electron chi connectivity index (χ0n) is 16.2. The van der Waals surface area contributed by atoms with Gasteiger partial charge < -0.3 is 4.74 Å². The van der Waals surface area contributed by atoms with E-state index >= 15 is 0 Å². The number of alkyl halides is 3. The molecule has 0 aliphatic carbocycles. The van der Waals surface area contributed by atoms with Crippen molar-refractivity contribution in [2.45, 2.75) is 39.4 Å². The van der Waals surface area contributed by atoms with Gasteiger partial charge in [-0.25, -0.2) is 4.98 Å². The maximum absolute atomic E-state index is 13.0. The van der Waals surface area contributed by atoms with Gasteiger partial charge in [-0.3, -0.25) is 10.00 Å². The summed E-state index contributed by atoms with van der Waals surface area (Å²) in [6, 6.07) is 3.89. The van der Waals surface area contributed by atoms with Crippen molar-refractivity contribution in [3.8, 4) is 5.75 Å². The Labute approximate surface area is 160 Å². The number of likely N-dealkylation sites (tertiary alicyclic amines) is 1. The standard InChI is InChI=1S/C20H23F3N4O/c1-11-8-14(28-3)9-15-16(17-12(2)25-26-19(17)24-18(11)15)10-27-6-4-13(5-7-27)20(21,22)23/h8-9,13H,4-7,10H2,1-3H3,(H,24,25,26). The van der Waals surface area contributed by atoms with Gasteiger partial charge in [-0.2, -0.15) is 18.3 Å². The molecule has 0 unspecified atom stereocenters. The Morgan fingerprint density at radius 2 is 1.93 bits per heavy atom. The van der Waals surface area contributed by atoms with Crippen LogP contribution in [-0.4, -0.2) is 46.5 Å². The van der Waals surface area contributed by atoms with Crippen LogP contribution < -0.4 is 4.74 Å². The summed E-state index contributed by atoms with van der Waals surface area (Å²) < 4.78 is 44.4. The Hall–Kier alpha value is -2.35. The number of aryl methyl sites for hydroxylation is 2. The number of aromatic amines is 1. The van der Waals surface area contributed by atoms with E-state index in [1.807, 2.05) is 26.0 Å². The third kappa shape index (κ3) is 3.30. The van der Waals surface area contributed by atoms with E-state index in [1.54, 1.807) is 7.11 Å². The summed E-state index contributed by atoms with van der Waals surface area (Å²) in [5.74, 6) is -0.458. The molecule has 4 rings (SSSR count). The van der Waals surface area contributed by atoms with Gasteiger partial charge in [0.2, 0.25) is 0 Å². The molecule has 8 heteroatoms. The molecule has 1 aliphatic heterocycles. The molecule has 1 aromatic carbocycles. The molecule has 1 N–H and O–H groups in total. The predicted molar refractivity (Wildman–Crippen MR) is 101 cm³/mol.